The maximum atomic E-state index is 11.6. The molecular weight excluding hydrogens is 200 g/mol. The van der Waals surface area contributed by atoms with Gasteiger partial charge in [-0.3, -0.25) is 4.79 Å². The molecule has 1 saturated heterocycles. The van der Waals surface area contributed by atoms with Crippen LogP contribution in [0.5, 0.6) is 0 Å². The standard InChI is InChI=1S/C13H26N2O/c1-3-6-11(2)13(16)15-10-8-12-7-4-5-9-14-12/h11-12,14H,3-10H2,1-2H3,(H,15,16). The monoisotopic (exact) mass is 226 g/mol. The molecule has 0 aromatic carbocycles. The SMILES string of the molecule is CCCC(C)C(=O)NCCC1CCCCN1. The Kier molecular flexibility index (Phi) is 6.46. The molecule has 0 aromatic heterocycles. The highest BCUT2D eigenvalue weighted by Crippen LogP contribution is 2.09. The van der Waals surface area contributed by atoms with Crippen LogP contribution in [-0.4, -0.2) is 25.0 Å². The van der Waals surface area contributed by atoms with Gasteiger partial charge in [0.25, 0.3) is 0 Å². The lowest BCUT2D eigenvalue weighted by atomic mass is 10.0. The highest BCUT2D eigenvalue weighted by molar-refractivity contribution is 5.78. The Morgan fingerprint density at radius 2 is 2.31 bits per heavy atom. The molecule has 3 nitrogen and oxygen atoms in total. The first kappa shape index (κ1) is 13.5. The zero-order valence-electron chi connectivity index (χ0n) is 10.7. The maximum Gasteiger partial charge on any atom is 0.222 e. The molecule has 1 rings (SSSR count). The summed E-state index contributed by atoms with van der Waals surface area (Å²) in [6, 6.07) is 0.621. The smallest absolute Gasteiger partial charge is 0.222 e. The van der Waals surface area contributed by atoms with Gasteiger partial charge in [-0.05, 0) is 32.2 Å². The van der Waals surface area contributed by atoms with Crippen molar-refractivity contribution in [2.45, 2.75) is 58.4 Å². The fraction of sp³-hybridized carbons (Fsp3) is 0.923. The molecule has 0 saturated carbocycles. The van der Waals surface area contributed by atoms with Crippen molar-refractivity contribution in [3.8, 4) is 0 Å². The van der Waals surface area contributed by atoms with Crippen molar-refractivity contribution < 1.29 is 4.79 Å². The number of piperidine rings is 1. The first-order valence-electron chi connectivity index (χ1n) is 6.75. The summed E-state index contributed by atoms with van der Waals surface area (Å²) in [5.74, 6) is 0.391. The number of nitrogens with one attached hydrogen (secondary N) is 2. The van der Waals surface area contributed by atoms with Gasteiger partial charge in [-0.25, -0.2) is 0 Å². The number of carbonyl (C=O) groups is 1. The van der Waals surface area contributed by atoms with Crippen molar-refractivity contribution >= 4 is 5.91 Å². The van der Waals surface area contributed by atoms with E-state index in [0.29, 0.717) is 6.04 Å². The number of hydrogen-bond acceptors (Lipinski definition) is 2. The third kappa shape index (κ3) is 4.97. The number of amides is 1. The van der Waals surface area contributed by atoms with Gasteiger partial charge in [-0.15, -0.1) is 0 Å². The van der Waals surface area contributed by atoms with Crippen LogP contribution in [0, 0.1) is 5.92 Å². The Morgan fingerprint density at radius 3 is 2.94 bits per heavy atom. The zero-order valence-corrected chi connectivity index (χ0v) is 10.7. The van der Waals surface area contributed by atoms with Crippen LogP contribution in [0.15, 0.2) is 0 Å². The van der Waals surface area contributed by atoms with Crippen LogP contribution in [-0.2, 0) is 4.79 Å². The minimum absolute atomic E-state index is 0.171. The molecule has 0 bridgehead atoms. The van der Waals surface area contributed by atoms with Crippen LogP contribution in [0.4, 0.5) is 0 Å². The first-order chi connectivity index (χ1) is 7.74. The van der Waals surface area contributed by atoms with Gasteiger partial charge in [0.15, 0.2) is 0 Å². The van der Waals surface area contributed by atoms with Gasteiger partial charge < -0.3 is 10.6 Å². The molecule has 1 amide bonds. The van der Waals surface area contributed by atoms with E-state index < -0.39 is 0 Å². The number of carbonyl (C=O) groups excluding carboxylic acids is 1. The van der Waals surface area contributed by atoms with Crippen LogP contribution in [0.2, 0.25) is 0 Å². The lowest BCUT2D eigenvalue weighted by molar-refractivity contribution is -0.124. The summed E-state index contributed by atoms with van der Waals surface area (Å²) < 4.78 is 0. The van der Waals surface area contributed by atoms with E-state index in [4.69, 9.17) is 0 Å². The Hall–Kier alpha value is -0.570. The van der Waals surface area contributed by atoms with E-state index in [1.807, 2.05) is 6.92 Å². The van der Waals surface area contributed by atoms with E-state index in [9.17, 15) is 4.79 Å². The molecule has 2 atom stereocenters. The fourth-order valence-electron chi connectivity index (χ4n) is 2.28. The number of hydrogen-bond donors (Lipinski definition) is 2. The highest BCUT2D eigenvalue weighted by atomic mass is 16.1. The second kappa shape index (κ2) is 7.66. The quantitative estimate of drug-likeness (QED) is 0.728. The summed E-state index contributed by atoms with van der Waals surface area (Å²) in [4.78, 5) is 11.6. The number of rotatable bonds is 6. The molecule has 1 fully saturated rings. The molecule has 1 heterocycles. The molecule has 1 aliphatic heterocycles. The molecule has 0 aliphatic carbocycles. The molecule has 2 N–H and O–H groups in total. The molecule has 1 aliphatic rings. The van der Waals surface area contributed by atoms with Gasteiger partial charge in [0.2, 0.25) is 5.91 Å². The Bertz CT molecular complexity index is 200. The van der Waals surface area contributed by atoms with Crippen LogP contribution < -0.4 is 10.6 Å². The van der Waals surface area contributed by atoms with E-state index in [2.05, 4.69) is 17.6 Å². The molecule has 3 heteroatoms. The van der Waals surface area contributed by atoms with Crippen molar-refractivity contribution in [2.75, 3.05) is 13.1 Å². The van der Waals surface area contributed by atoms with Crippen LogP contribution in [0.1, 0.15) is 52.4 Å². The van der Waals surface area contributed by atoms with E-state index in [-0.39, 0.29) is 11.8 Å². The lowest BCUT2D eigenvalue weighted by Gasteiger charge is -2.23. The summed E-state index contributed by atoms with van der Waals surface area (Å²) in [7, 11) is 0. The summed E-state index contributed by atoms with van der Waals surface area (Å²) in [5, 5.41) is 6.53. The largest absolute Gasteiger partial charge is 0.356 e. The minimum Gasteiger partial charge on any atom is -0.356 e. The summed E-state index contributed by atoms with van der Waals surface area (Å²) in [6.07, 6.45) is 7.05. The maximum absolute atomic E-state index is 11.6. The minimum atomic E-state index is 0.171. The third-order valence-corrected chi connectivity index (χ3v) is 3.37. The Balaban J connectivity index is 2.07. The molecule has 94 valence electrons. The molecule has 0 radical (unpaired) electrons. The van der Waals surface area contributed by atoms with Gasteiger partial charge >= 0.3 is 0 Å². The van der Waals surface area contributed by atoms with Crippen molar-refractivity contribution in [3.63, 3.8) is 0 Å². The summed E-state index contributed by atoms with van der Waals surface area (Å²) >= 11 is 0. The van der Waals surface area contributed by atoms with E-state index in [1.54, 1.807) is 0 Å². The van der Waals surface area contributed by atoms with Crippen molar-refractivity contribution in [2.24, 2.45) is 5.92 Å². The van der Waals surface area contributed by atoms with Crippen LogP contribution in [0.3, 0.4) is 0 Å². The predicted octanol–water partition coefficient (Wildman–Crippen LogP) is 2.07. The Morgan fingerprint density at radius 1 is 1.50 bits per heavy atom. The fourth-order valence-corrected chi connectivity index (χ4v) is 2.28. The van der Waals surface area contributed by atoms with Crippen molar-refractivity contribution in [1.29, 1.82) is 0 Å². The van der Waals surface area contributed by atoms with Gasteiger partial charge in [-0.1, -0.05) is 26.7 Å². The molecule has 0 spiro atoms. The predicted molar refractivity (Wildman–Crippen MR) is 67.3 cm³/mol. The highest BCUT2D eigenvalue weighted by Gasteiger charge is 2.14. The Labute approximate surface area is 99.4 Å². The molecule has 0 aromatic rings. The van der Waals surface area contributed by atoms with Gasteiger partial charge in [0.05, 0.1) is 0 Å². The first-order valence-corrected chi connectivity index (χ1v) is 6.75. The third-order valence-electron chi connectivity index (χ3n) is 3.37. The second-order valence-corrected chi connectivity index (χ2v) is 4.92. The van der Waals surface area contributed by atoms with E-state index in [1.165, 1.54) is 19.3 Å². The second-order valence-electron chi connectivity index (χ2n) is 4.92. The molecular formula is C13H26N2O. The summed E-state index contributed by atoms with van der Waals surface area (Å²) in [5.41, 5.74) is 0. The van der Waals surface area contributed by atoms with Crippen LogP contribution in [0.25, 0.3) is 0 Å². The molecule has 16 heavy (non-hydrogen) atoms. The van der Waals surface area contributed by atoms with Crippen LogP contribution >= 0.6 is 0 Å². The average Bonchev–Trinajstić information content (AvgIpc) is 2.30. The topological polar surface area (TPSA) is 41.1 Å². The lowest BCUT2D eigenvalue weighted by Crippen LogP contribution is -2.38. The van der Waals surface area contributed by atoms with E-state index in [0.717, 1.165) is 32.4 Å². The van der Waals surface area contributed by atoms with Gasteiger partial charge in [0, 0.05) is 18.5 Å². The normalized spacial score (nSPS) is 22.8. The summed E-state index contributed by atoms with van der Waals surface area (Å²) in [6.45, 7) is 6.10. The molecule has 2 unspecified atom stereocenters. The van der Waals surface area contributed by atoms with Crippen molar-refractivity contribution in [1.82, 2.24) is 10.6 Å². The average molecular weight is 226 g/mol. The van der Waals surface area contributed by atoms with Gasteiger partial charge in [0.1, 0.15) is 0 Å². The van der Waals surface area contributed by atoms with Crippen molar-refractivity contribution in [3.05, 3.63) is 0 Å². The van der Waals surface area contributed by atoms with Gasteiger partial charge in [-0.2, -0.15) is 0 Å². The van der Waals surface area contributed by atoms with E-state index >= 15 is 0 Å². The zero-order chi connectivity index (χ0) is 11.8.